The van der Waals surface area contributed by atoms with Crippen LogP contribution in [0.2, 0.25) is 0 Å². The molecule has 0 saturated carbocycles. The van der Waals surface area contributed by atoms with E-state index >= 15 is 0 Å². The number of carbonyl (C=O) groups is 1. The number of fused-ring (bicyclic) bond motifs is 1. The number of ether oxygens (including phenoxy) is 1. The molecule has 1 aliphatic heterocycles. The topological polar surface area (TPSA) is 83.7 Å². The summed E-state index contributed by atoms with van der Waals surface area (Å²) in [5.74, 6) is -1.56. The highest BCUT2D eigenvalue weighted by atomic mass is 19.1. The molecule has 1 fully saturated rings. The van der Waals surface area contributed by atoms with Gasteiger partial charge in [-0.1, -0.05) is 6.92 Å². The molecule has 7 nitrogen and oxygen atoms in total. The van der Waals surface area contributed by atoms with Gasteiger partial charge in [0.2, 0.25) is 0 Å². The fourth-order valence-corrected chi connectivity index (χ4v) is 4.08. The van der Waals surface area contributed by atoms with Gasteiger partial charge in [-0.3, -0.25) is 9.78 Å². The normalized spacial score (nSPS) is 14.5. The molecule has 174 valence electrons. The van der Waals surface area contributed by atoms with Crippen molar-refractivity contribution >= 4 is 33.9 Å². The van der Waals surface area contributed by atoms with Crippen molar-refractivity contribution < 1.29 is 18.3 Å². The molecule has 33 heavy (non-hydrogen) atoms. The van der Waals surface area contributed by atoms with E-state index in [1.54, 1.807) is 6.07 Å². The van der Waals surface area contributed by atoms with Crippen molar-refractivity contribution in [3.8, 4) is 5.75 Å². The van der Waals surface area contributed by atoms with Crippen LogP contribution in [-0.2, 0) is 0 Å². The summed E-state index contributed by atoms with van der Waals surface area (Å²) in [6.45, 7) is 9.11. The molecule has 1 aromatic heterocycles. The van der Waals surface area contributed by atoms with E-state index in [-0.39, 0.29) is 11.3 Å². The standard InChI is InChI=1S/C24H27F2N5O2/c1-3-30-7-9-31(10-8-30)21-13-20-16(12-22(21)33-4-2)23(17(14-28-20)24(27)32)29-19-6-5-15(25)11-18(19)26/h5-6,11-14H,3-4,7-10H2,1-2H3,(H2,27,32)(H,28,29). The van der Waals surface area contributed by atoms with Gasteiger partial charge in [0.15, 0.2) is 0 Å². The number of carbonyl (C=O) groups excluding carboxylic acids is 1. The first kappa shape index (κ1) is 22.7. The molecule has 0 bridgehead atoms. The molecule has 0 atom stereocenters. The number of nitrogens with one attached hydrogen (secondary N) is 1. The third-order valence-electron chi connectivity index (χ3n) is 5.86. The van der Waals surface area contributed by atoms with Gasteiger partial charge in [0, 0.05) is 43.8 Å². The first-order valence-electron chi connectivity index (χ1n) is 11.0. The number of anilines is 3. The monoisotopic (exact) mass is 455 g/mol. The number of aromatic nitrogens is 1. The summed E-state index contributed by atoms with van der Waals surface area (Å²) >= 11 is 0. The van der Waals surface area contributed by atoms with Gasteiger partial charge < -0.3 is 25.6 Å². The van der Waals surface area contributed by atoms with Gasteiger partial charge in [-0.2, -0.15) is 0 Å². The number of halogens is 2. The SMILES string of the molecule is CCOc1cc2c(Nc3ccc(F)cc3F)c(C(N)=O)cnc2cc1N1CCN(CC)CC1. The molecule has 0 aliphatic carbocycles. The van der Waals surface area contributed by atoms with Crippen LogP contribution in [0.15, 0.2) is 36.5 Å². The molecule has 0 spiro atoms. The summed E-state index contributed by atoms with van der Waals surface area (Å²) in [6.07, 6.45) is 1.37. The highest BCUT2D eigenvalue weighted by Crippen LogP contribution is 2.38. The van der Waals surface area contributed by atoms with Crippen molar-refractivity contribution in [2.45, 2.75) is 13.8 Å². The quantitative estimate of drug-likeness (QED) is 0.562. The Hall–Kier alpha value is -3.46. The van der Waals surface area contributed by atoms with Gasteiger partial charge in [0.1, 0.15) is 17.4 Å². The molecule has 2 aromatic carbocycles. The Balaban J connectivity index is 1.83. The zero-order valence-electron chi connectivity index (χ0n) is 18.7. The van der Waals surface area contributed by atoms with Gasteiger partial charge in [-0.15, -0.1) is 0 Å². The number of likely N-dealkylation sites (N-methyl/N-ethyl adjacent to an activating group) is 1. The molecular formula is C24H27F2N5O2. The Labute approximate surface area is 191 Å². The fourth-order valence-electron chi connectivity index (χ4n) is 4.08. The molecule has 2 heterocycles. The predicted octanol–water partition coefficient (Wildman–Crippen LogP) is 3.90. The van der Waals surface area contributed by atoms with Gasteiger partial charge in [-0.25, -0.2) is 8.78 Å². The zero-order chi connectivity index (χ0) is 23.5. The van der Waals surface area contributed by atoms with Crippen LogP contribution < -0.4 is 20.7 Å². The van der Waals surface area contributed by atoms with E-state index in [1.165, 1.54) is 12.3 Å². The number of hydrogen-bond acceptors (Lipinski definition) is 6. The first-order valence-corrected chi connectivity index (χ1v) is 11.0. The van der Waals surface area contributed by atoms with Crippen LogP contribution in [0.25, 0.3) is 10.9 Å². The lowest BCUT2D eigenvalue weighted by atomic mass is 10.1. The number of benzene rings is 2. The number of rotatable bonds is 7. The summed E-state index contributed by atoms with van der Waals surface area (Å²) in [4.78, 5) is 21.2. The number of amides is 1. The Morgan fingerprint density at radius 3 is 2.55 bits per heavy atom. The summed E-state index contributed by atoms with van der Waals surface area (Å²) in [5, 5.41) is 3.47. The number of pyridine rings is 1. The maximum absolute atomic E-state index is 14.4. The van der Waals surface area contributed by atoms with Crippen molar-refractivity contribution in [3.05, 3.63) is 53.7 Å². The number of primary amides is 1. The van der Waals surface area contributed by atoms with Gasteiger partial charge >= 0.3 is 0 Å². The molecule has 9 heteroatoms. The van der Waals surface area contributed by atoms with E-state index in [4.69, 9.17) is 10.5 Å². The second-order valence-electron chi connectivity index (χ2n) is 7.85. The van der Waals surface area contributed by atoms with E-state index in [1.807, 2.05) is 13.0 Å². The molecule has 1 saturated heterocycles. The molecule has 0 unspecified atom stereocenters. The second kappa shape index (κ2) is 9.58. The lowest BCUT2D eigenvalue weighted by Gasteiger charge is -2.36. The molecule has 4 rings (SSSR count). The smallest absolute Gasteiger partial charge is 0.252 e. The minimum absolute atomic E-state index is 0.0177. The van der Waals surface area contributed by atoms with Gasteiger partial charge in [-0.05, 0) is 37.7 Å². The van der Waals surface area contributed by atoms with Crippen LogP contribution >= 0.6 is 0 Å². The lowest BCUT2D eigenvalue weighted by molar-refractivity contribution is 0.100. The van der Waals surface area contributed by atoms with Gasteiger partial charge in [0.25, 0.3) is 5.91 Å². The van der Waals surface area contributed by atoms with E-state index in [9.17, 15) is 13.6 Å². The zero-order valence-corrected chi connectivity index (χ0v) is 18.7. The Morgan fingerprint density at radius 2 is 1.91 bits per heavy atom. The van der Waals surface area contributed by atoms with Crippen LogP contribution in [0, 0.1) is 11.6 Å². The van der Waals surface area contributed by atoms with Crippen LogP contribution in [0.3, 0.4) is 0 Å². The fraction of sp³-hybridized carbons (Fsp3) is 0.333. The van der Waals surface area contributed by atoms with Crippen LogP contribution in [0.1, 0.15) is 24.2 Å². The summed E-state index contributed by atoms with van der Waals surface area (Å²) in [7, 11) is 0. The van der Waals surface area contributed by atoms with E-state index < -0.39 is 17.5 Å². The second-order valence-corrected chi connectivity index (χ2v) is 7.85. The van der Waals surface area contributed by atoms with Crippen molar-refractivity contribution in [3.63, 3.8) is 0 Å². The van der Waals surface area contributed by atoms with E-state index in [2.05, 4.69) is 27.0 Å². The van der Waals surface area contributed by atoms with Crippen molar-refractivity contribution in [1.82, 2.24) is 9.88 Å². The molecule has 1 amide bonds. The van der Waals surface area contributed by atoms with Crippen LogP contribution in [-0.4, -0.2) is 55.1 Å². The number of nitrogens with zero attached hydrogens (tertiary/aromatic N) is 3. The molecule has 3 aromatic rings. The van der Waals surface area contributed by atoms with Crippen molar-refractivity contribution in [2.75, 3.05) is 49.5 Å². The average molecular weight is 456 g/mol. The lowest BCUT2D eigenvalue weighted by Crippen LogP contribution is -2.46. The third-order valence-corrected chi connectivity index (χ3v) is 5.86. The average Bonchev–Trinajstić information content (AvgIpc) is 2.80. The highest BCUT2D eigenvalue weighted by Gasteiger charge is 2.22. The van der Waals surface area contributed by atoms with Crippen molar-refractivity contribution in [2.24, 2.45) is 5.73 Å². The van der Waals surface area contributed by atoms with Crippen LogP contribution in [0.4, 0.5) is 25.8 Å². The minimum atomic E-state index is -0.786. The van der Waals surface area contributed by atoms with Crippen molar-refractivity contribution in [1.29, 1.82) is 0 Å². The summed E-state index contributed by atoms with van der Waals surface area (Å²) in [6, 6.07) is 6.89. The molecular weight excluding hydrogens is 428 g/mol. The first-order chi connectivity index (χ1) is 15.9. The Bertz CT molecular complexity index is 1180. The largest absolute Gasteiger partial charge is 0.492 e. The maximum Gasteiger partial charge on any atom is 0.252 e. The molecule has 3 N–H and O–H groups in total. The summed E-state index contributed by atoms with van der Waals surface area (Å²) in [5.41, 5.74) is 7.49. The van der Waals surface area contributed by atoms with Gasteiger partial charge in [0.05, 0.1) is 34.7 Å². The van der Waals surface area contributed by atoms with E-state index in [0.29, 0.717) is 28.9 Å². The Morgan fingerprint density at radius 1 is 1.15 bits per heavy atom. The molecule has 1 aliphatic rings. The molecule has 0 radical (unpaired) electrons. The minimum Gasteiger partial charge on any atom is -0.492 e. The number of nitrogens with two attached hydrogens (primary N) is 1. The predicted molar refractivity (Wildman–Crippen MR) is 125 cm³/mol. The highest BCUT2D eigenvalue weighted by molar-refractivity contribution is 6.08. The van der Waals surface area contributed by atoms with Crippen LogP contribution in [0.5, 0.6) is 5.75 Å². The third kappa shape index (κ3) is 4.68. The van der Waals surface area contributed by atoms with E-state index in [0.717, 1.165) is 50.5 Å². The summed E-state index contributed by atoms with van der Waals surface area (Å²) < 4.78 is 33.7. The maximum atomic E-state index is 14.4. The number of hydrogen-bond donors (Lipinski definition) is 2. The number of piperazine rings is 1. The Kier molecular flexibility index (Phi) is 6.60.